The van der Waals surface area contributed by atoms with E-state index in [9.17, 15) is 4.79 Å². The number of phenols is 1. The first-order valence-corrected chi connectivity index (χ1v) is 6.60. The molecule has 5 heteroatoms. The van der Waals surface area contributed by atoms with E-state index in [4.69, 9.17) is 9.84 Å². The van der Waals surface area contributed by atoms with Crippen molar-refractivity contribution in [2.45, 2.75) is 18.9 Å². The van der Waals surface area contributed by atoms with Crippen LogP contribution in [0.15, 0.2) is 24.3 Å². The number of benzene rings is 1. The van der Waals surface area contributed by atoms with Gasteiger partial charge in [0, 0.05) is 25.6 Å². The van der Waals surface area contributed by atoms with Gasteiger partial charge in [0.15, 0.2) is 0 Å². The summed E-state index contributed by atoms with van der Waals surface area (Å²) in [6.45, 7) is 2.74. The minimum absolute atomic E-state index is 0.0433. The van der Waals surface area contributed by atoms with Crippen LogP contribution in [0.5, 0.6) is 5.75 Å². The molecule has 0 radical (unpaired) electrons. The third-order valence-corrected chi connectivity index (χ3v) is 3.10. The van der Waals surface area contributed by atoms with Crippen molar-refractivity contribution in [3.05, 3.63) is 29.8 Å². The summed E-state index contributed by atoms with van der Waals surface area (Å²) in [7, 11) is 0. The van der Waals surface area contributed by atoms with E-state index in [1.54, 1.807) is 12.1 Å². The normalized spacial score (nSPS) is 19.1. The number of phenolic OH excluding ortho intramolecular Hbond substituents is 1. The van der Waals surface area contributed by atoms with Gasteiger partial charge >= 0.3 is 0 Å². The highest BCUT2D eigenvalue weighted by atomic mass is 16.5. The lowest BCUT2D eigenvalue weighted by molar-refractivity contribution is -0.122. The van der Waals surface area contributed by atoms with Gasteiger partial charge in [-0.05, 0) is 24.1 Å². The van der Waals surface area contributed by atoms with Gasteiger partial charge in [0.2, 0.25) is 5.91 Å². The van der Waals surface area contributed by atoms with Crippen LogP contribution in [0.2, 0.25) is 0 Å². The van der Waals surface area contributed by atoms with Gasteiger partial charge < -0.3 is 20.5 Å². The molecule has 1 atom stereocenters. The van der Waals surface area contributed by atoms with Crippen LogP contribution in [0, 0.1) is 0 Å². The summed E-state index contributed by atoms with van der Waals surface area (Å²) in [5.74, 6) is 0.304. The van der Waals surface area contributed by atoms with E-state index < -0.39 is 0 Å². The molecule has 1 aromatic rings. The summed E-state index contributed by atoms with van der Waals surface area (Å²) in [4.78, 5) is 11.7. The Hall–Kier alpha value is -1.59. The van der Waals surface area contributed by atoms with Crippen molar-refractivity contribution in [1.82, 2.24) is 10.6 Å². The molecule has 2 rings (SSSR count). The van der Waals surface area contributed by atoms with Gasteiger partial charge in [-0.1, -0.05) is 12.1 Å². The minimum Gasteiger partial charge on any atom is -0.508 e. The Labute approximate surface area is 113 Å². The van der Waals surface area contributed by atoms with Crippen LogP contribution >= 0.6 is 0 Å². The number of nitrogens with one attached hydrogen (secondary N) is 2. The smallest absolute Gasteiger partial charge is 0.221 e. The third kappa shape index (κ3) is 4.89. The summed E-state index contributed by atoms with van der Waals surface area (Å²) in [5, 5.41) is 15.3. The topological polar surface area (TPSA) is 70.6 Å². The van der Waals surface area contributed by atoms with E-state index in [0.717, 1.165) is 25.1 Å². The molecule has 1 aromatic carbocycles. The predicted octanol–water partition coefficient (Wildman–Crippen LogP) is 0.429. The highest BCUT2D eigenvalue weighted by molar-refractivity contribution is 5.76. The first-order valence-electron chi connectivity index (χ1n) is 6.60. The largest absolute Gasteiger partial charge is 0.508 e. The molecule has 19 heavy (non-hydrogen) atoms. The molecular weight excluding hydrogens is 244 g/mol. The van der Waals surface area contributed by atoms with E-state index in [-0.39, 0.29) is 17.7 Å². The van der Waals surface area contributed by atoms with Crippen molar-refractivity contribution < 1.29 is 14.6 Å². The lowest BCUT2D eigenvalue weighted by Gasteiger charge is -2.23. The number of aromatic hydroxyl groups is 1. The van der Waals surface area contributed by atoms with Gasteiger partial charge in [0.1, 0.15) is 5.75 Å². The number of rotatable bonds is 5. The molecule has 1 saturated heterocycles. The standard InChI is InChI=1S/C14H20N2O3/c17-13-3-1-11(2-4-13)5-6-16-14(18)9-12-10-19-8-7-15-12/h1-4,12,15,17H,5-10H2,(H,16,18). The van der Waals surface area contributed by atoms with Crippen LogP contribution < -0.4 is 10.6 Å². The highest BCUT2D eigenvalue weighted by Gasteiger charge is 2.16. The molecule has 104 valence electrons. The maximum atomic E-state index is 11.7. The fraction of sp³-hybridized carbons (Fsp3) is 0.500. The molecule has 0 saturated carbocycles. The van der Waals surface area contributed by atoms with Gasteiger partial charge in [0.05, 0.1) is 13.2 Å². The van der Waals surface area contributed by atoms with Crippen LogP contribution in [0.25, 0.3) is 0 Å². The van der Waals surface area contributed by atoms with E-state index in [0.29, 0.717) is 19.6 Å². The number of carbonyl (C=O) groups excluding carboxylic acids is 1. The van der Waals surface area contributed by atoms with Crippen LogP contribution in [-0.4, -0.2) is 43.4 Å². The summed E-state index contributed by atoms with van der Waals surface area (Å²) >= 11 is 0. The Kier molecular flexibility index (Phi) is 5.18. The van der Waals surface area contributed by atoms with Gasteiger partial charge in [-0.15, -0.1) is 0 Å². The van der Waals surface area contributed by atoms with Crippen LogP contribution in [-0.2, 0) is 16.0 Å². The summed E-state index contributed by atoms with van der Waals surface area (Å²) in [5.41, 5.74) is 1.09. The number of amides is 1. The molecule has 1 unspecified atom stereocenters. The van der Waals surface area contributed by atoms with E-state index in [1.807, 2.05) is 12.1 Å². The van der Waals surface area contributed by atoms with Gasteiger partial charge in [-0.2, -0.15) is 0 Å². The molecule has 0 bridgehead atoms. The molecule has 1 aliphatic rings. The maximum Gasteiger partial charge on any atom is 0.221 e. The van der Waals surface area contributed by atoms with E-state index in [1.165, 1.54) is 0 Å². The first kappa shape index (κ1) is 13.8. The van der Waals surface area contributed by atoms with Gasteiger partial charge in [0.25, 0.3) is 0 Å². The second-order valence-electron chi connectivity index (χ2n) is 4.70. The van der Waals surface area contributed by atoms with Crippen molar-refractivity contribution in [3.63, 3.8) is 0 Å². The monoisotopic (exact) mass is 264 g/mol. The molecular formula is C14H20N2O3. The van der Waals surface area contributed by atoms with Crippen LogP contribution in [0.1, 0.15) is 12.0 Å². The number of carbonyl (C=O) groups is 1. The molecule has 1 heterocycles. The number of hydrogen-bond donors (Lipinski definition) is 3. The lowest BCUT2D eigenvalue weighted by atomic mass is 10.1. The Balaban J connectivity index is 1.64. The van der Waals surface area contributed by atoms with Crippen molar-refractivity contribution in [1.29, 1.82) is 0 Å². The molecule has 3 N–H and O–H groups in total. The molecule has 1 amide bonds. The zero-order valence-electron chi connectivity index (χ0n) is 10.9. The summed E-state index contributed by atoms with van der Waals surface area (Å²) in [6.07, 6.45) is 1.22. The van der Waals surface area contributed by atoms with Crippen LogP contribution in [0.3, 0.4) is 0 Å². The summed E-state index contributed by atoms with van der Waals surface area (Å²) < 4.78 is 5.30. The Morgan fingerprint density at radius 1 is 1.42 bits per heavy atom. The second-order valence-corrected chi connectivity index (χ2v) is 4.70. The molecule has 1 aliphatic heterocycles. The first-order chi connectivity index (χ1) is 9.24. The van der Waals surface area contributed by atoms with Gasteiger partial charge in [-0.3, -0.25) is 4.79 Å². The highest BCUT2D eigenvalue weighted by Crippen LogP contribution is 2.09. The number of morpholine rings is 1. The average molecular weight is 264 g/mol. The quantitative estimate of drug-likeness (QED) is 0.721. The predicted molar refractivity (Wildman–Crippen MR) is 72.0 cm³/mol. The zero-order chi connectivity index (χ0) is 13.5. The van der Waals surface area contributed by atoms with Crippen molar-refractivity contribution in [2.75, 3.05) is 26.3 Å². The van der Waals surface area contributed by atoms with Crippen LogP contribution in [0.4, 0.5) is 0 Å². The average Bonchev–Trinajstić information content (AvgIpc) is 2.42. The molecule has 0 aliphatic carbocycles. The molecule has 0 aromatic heterocycles. The fourth-order valence-corrected chi connectivity index (χ4v) is 2.06. The molecule has 1 fully saturated rings. The second kappa shape index (κ2) is 7.11. The number of ether oxygens (including phenoxy) is 1. The summed E-state index contributed by atoms with van der Waals surface area (Å²) in [6, 6.07) is 7.15. The zero-order valence-corrected chi connectivity index (χ0v) is 10.9. The fourth-order valence-electron chi connectivity index (χ4n) is 2.06. The molecule has 0 spiro atoms. The van der Waals surface area contributed by atoms with Gasteiger partial charge in [-0.25, -0.2) is 0 Å². The SMILES string of the molecule is O=C(CC1COCCN1)NCCc1ccc(O)cc1. The lowest BCUT2D eigenvalue weighted by Crippen LogP contribution is -2.44. The van der Waals surface area contributed by atoms with Crippen molar-refractivity contribution in [2.24, 2.45) is 0 Å². The Bertz CT molecular complexity index is 400. The maximum absolute atomic E-state index is 11.7. The third-order valence-electron chi connectivity index (χ3n) is 3.10. The van der Waals surface area contributed by atoms with Crippen molar-refractivity contribution >= 4 is 5.91 Å². The minimum atomic E-state index is 0.0433. The molecule has 5 nitrogen and oxygen atoms in total. The van der Waals surface area contributed by atoms with Crippen molar-refractivity contribution in [3.8, 4) is 5.75 Å². The number of hydrogen-bond acceptors (Lipinski definition) is 4. The Morgan fingerprint density at radius 2 is 2.21 bits per heavy atom. The van der Waals surface area contributed by atoms with E-state index in [2.05, 4.69) is 10.6 Å². The Morgan fingerprint density at radius 3 is 2.89 bits per heavy atom. The van der Waals surface area contributed by atoms with E-state index >= 15 is 0 Å².